The normalized spacial score (nSPS) is 28.8. The Hall–Kier alpha value is -2.48. The summed E-state index contributed by atoms with van der Waals surface area (Å²) < 4.78 is 0. The summed E-state index contributed by atoms with van der Waals surface area (Å²) in [5, 5.41) is 2.95. The van der Waals surface area contributed by atoms with Crippen LogP contribution >= 0.6 is 0 Å². The second-order valence-electron chi connectivity index (χ2n) is 10.3. The average Bonchev–Trinajstić information content (AvgIpc) is 2.91. The highest BCUT2D eigenvalue weighted by molar-refractivity contribution is 6.09. The highest BCUT2D eigenvalue weighted by atomic mass is 16.2. The van der Waals surface area contributed by atoms with Gasteiger partial charge in [0.1, 0.15) is 12.1 Å². The highest BCUT2D eigenvalue weighted by Crippen LogP contribution is 2.46. The van der Waals surface area contributed by atoms with E-state index in [1.54, 1.807) is 17.3 Å². The smallest absolute Gasteiger partial charge is 0.325 e. The van der Waals surface area contributed by atoms with Crippen LogP contribution in [0.1, 0.15) is 45.6 Å². The van der Waals surface area contributed by atoms with Gasteiger partial charge in [-0.15, -0.1) is 0 Å². The van der Waals surface area contributed by atoms with Crippen molar-refractivity contribution in [3.63, 3.8) is 0 Å². The van der Waals surface area contributed by atoms with Gasteiger partial charge < -0.3 is 10.2 Å². The second-order valence-corrected chi connectivity index (χ2v) is 10.3. The third-order valence-electron chi connectivity index (χ3n) is 6.80. The first-order valence-electron chi connectivity index (χ1n) is 11.2. The van der Waals surface area contributed by atoms with Crippen LogP contribution in [0.5, 0.6) is 0 Å². The van der Waals surface area contributed by atoms with E-state index >= 15 is 0 Å². The van der Waals surface area contributed by atoms with Crippen LogP contribution < -0.4 is 5.32 Å². The van der Waals surface area contributed by atoms with E-state index in [0.717, 1.165) is 31.0 Å². The molecule has 1 aliphatic carbocycles. The molecule has 2 atom stereocenters. The number of imide groups is 1. The molecular weight excluding hydrogens is 394 g/mol. The molecule has 3 fully saturated rings. The number of rotatable bonds is 4. The molecular formula is C23H33N5O3. The van der Waals surface area contributed by atoms with Gasteiger partial charge in [-0.1, -0.05) is 20.8 Å². The van der Waals surface area contributed by atoms with Crippen molar-refractivity contribution < 1.29 is 14.4 Å². The minimum Gasteiger partial charge on any atom is -0.339 e. The van der Waals surface area contributed by atoms with Crippen molar-refractivity contribution >= 4 is 17.8 Å². The first kappa shape index (κ1) is 21.7. The molecule has 31 heavy (non-hydrogen) atoms. The van der Waals surface area contributed by atoms with Gasteiger partial charge in [0.15, 0.2) is 0 Å². The summed E-state index contributed by atoms with van der Waals surface area (Å²) in [7, 11) is 0. The van der Waals surface area contributed by atoms with Crippen LogP contribution in [0.15, 0.2) is 24.5 Å². The summed E-state index contributed by atoms with van der Waals surface area (Å²) in [5.41, 5.74) is 0.317. The van der Waals surface area contributed by atoms with Gasteiger partial charge in [-0.3, -0.25) is 24.4 Å². The summed E-state index contributed by atoms with van der Waals surface area (Å²) in [6.45, 7) is 9.80. The SMILES string of the molecule is CC1CC(C)(C)CC2(C1)NC(=O)N(CC(=O)N1CCN(Cc3ccncc3)CC1)C2=O. The van der Waals surface area contributed by atoms with Gasteiger partial charge in [0, 0.05) is 45.1 Å². The molecule has 0 bridgehead atoms. The molecule has 1 spiro atoms. The van der Waals surface area contributed by atoms with Gasteiger partial charge in [-0.2, -0.15) is 0 Å². The number of urea groups is 1. The van der Waals surface area contributed by atoms with Crippen molar-refractivity contribution in [2.45, 2.75) is 52.1 Å². The van der Waals surface area contributed by atoms with Gasteiger partial charge >= 0.3 is 6.03 Å². The van der Waals surface area contributed by atoms with E-state index in [1.165, 1.54) is 5.56 Å². The number of piperazine rings is 1. The molecule has 1 N–H and O–H groups in total. The van der Waals surface area contributed by atoms with Crippen LogP contribution in [0.3, 0.4) is 0 Å². The highest BCUT2D eigenvalue weighted by Gasteiger charge is 2.56. The third-order valence-corrected chi connectivity index (χ3v) is 6.80. The van der Waals surface area contributed by atoms with E-state index in [2.05, 4.69) is 36.0 Å². The van der Waals surface area contributed by atoms with Crippen LogP contribution in [0, 0.1) is 11.3 Å². The van der Waals surface area contributed by atoms with Crippen LogP contribution in [-0.2, 0) is 16.1 Å². The van der Waals surface area contributed by atoms with Crippen molar-refractivity contribution in [1.82, 2.24) is 25.0 Å². The molecule has 2 saturated heterocycles. The number of hydrogen-bond acceptors (Lipinski definition) is 5. The lowest BCUT2D eigenvalue weighted by molar-refractivity contribution is -0.141. The predicted octanol–water partition coefficient (Wildman–Crippen LogP) is 1.86. The summed E-state index contributed by atoms with van der Waals surface area (Å²) in [5.74, 6) is -0.0499. The van der Waals surface area contributed by atoms with Gasteiger partial charge in [-0.25, -0.2) is 4.79 Å². The van der Waals surface area contributed by atoms with Gasteiger partial charge in [-0.05, 0) is 48.3 Å². The Morgan fingerprint density at radius 2 is 1.81 bits per heavy atom. The molecule has 3 heterocycles. The number of carbonyl (C=O) groups excluding carboxylic acids is 3. The molecule has 8 heteroatoms. The number of nitrogens with zero attached hydrogens (tertiary/aromatic N) is 4. The largest absolute Gasteiger partial charge is 0.339 e. The average molecular weight is 428 g/mol. The lowest BCUT2D eigenvalue weighted by Gasteiger charge is -2.43. The Kier molecular flexibility index (Phi) is 5.77. The molecule has 168 valence electrons. The fourth-order valence-corrected chi connectivity index (χ4v) is 5.79. The molecule has 2 aliphatic heterocycles. The predicted molar refractivity (Wildman–Crippen MR) is 116 cm³/mol. The molecule has 8 nitrogen and oxygen atoms in total. The molecule has 1 aromatic heterocycles. The number of aromatic nitrogens is 1. The quantitative estimate of drug-likeness (QED) is 0.742. The van der Waals surface area contributed by atoms with Crippen LogP contribution in [0.2, 0.25) is 0 Å². The molecule has 2 unspecified atom stereocenters. The molecule has 3 aliphatic rings. The topological polar surface area (TPSA) is 85.8 Å². The summed E-state index contributed by atoms with van der Waals surface area (Å²) >= 11 is 0. The fraction of sp³-hybridized carbons (Fsp3) is 0.652. The number of amides is 4. The number of carbonyl (C=O) groups is 3. The summed E-state index contributed by atoms with van der Waals surface area (Å²) in [6.07, 6.45) is 5.86. The van der Waals surface area contributed by atoms with Crippen molar-refractivity contribution in [2.75, 3.05) is 32.7 Å². The van der Waals surface area contributed by atoms with Crippen molar-refractivity contribution in [3.05, 3.63) is 30.1 Å². The maximum absolute atomic E-state index is 13.3. The van der Waals surface area contributed by atoms with Crippen molar-refractivity contribution in [1.29, 1.82) is 0 Å². The van der Waals surface area contributed by atoms with E-state index < -0.39 is 11.6 Å². The molecule has 1 aromatic rings. The van der Waals surface area contributed by atoms with Crippen molar-refractivity contribution in [3.8, 4) is 0 Å². The Labute approximate surface area is 184 Å². The zero-order chi connectivity index (χ0) is 22.2. The maximum Gasteiger partial charge on any atom is 0.325 e. The Morgan fingerprint density at radius 3 is 2.45 bits per heavy atom. The number of pyridine rings is 1. The van der Waals surface area contributed by atoms with Crippen LogP contribution in [0.4, 0.5) is 4.79 Å². The van der Waals surface area contributed by atoms with E-state index in [9.17, 15) is 14.4 Å². The standard InChI is InChI=1S/C23H33N5O3/c1-17-12-22(2,3)16-23(13-17)20(30)28(21(31)25-23)15-19(29)27-10-8-26(9-11-27)14-18-4-6-24-7-5-18/h4-7,17H,8-16H2,1-3H3,(H,25,31). The van der Waals surface area contributed by atoms with E-state index in [-0.39, 0.29) is 23.8 Å². The minimum absolute atomic E-state index is 0.0221. The molecule has 0 radical (unpaired) electrons. The van der Waals surface area contributed by atoms with Crippen molar-refractivity contribution in [2.24, 2.45) is 11.3 Å². The van der Waals surface area contributed by atoms with E-state index in [4.69, 9.17) is 0 Å². The first-order chi connectivity index (χ1) is 14.7. The number of hydrogen-bond donors (Lipinski definition) is 1. The second kappa shape index (κ2) is 8.22. The first-order valence-corrected chi connectivity index (χ1v) is 11.2. The fourth-order valence-electron chi connectivity index (χ4n) is 5.79. The Morgan fingerprint density at radius 1 is 1.13 bits per heavy atom. The van der Waals surface area contributed by atoms with Gasteiger partial charge in [0.05, 0.1) is 0 Å². The molecule has 0 aromatic carbocycles. The molecule has 4 amide bonds. The Balaban J connectivity index is 1.34. The molecule has 4 rings (SSSR count). The lowest BCUT2D eigenvalue weighted by Crippen LogP contribution is -2.55. The van der Waals surface area contributed by atoms with Gasteiger partial charge in [0.2, 0.25) is 5.91 Å². The van der Waals surface area contributed by atoms with E-state index in [0.29, 0.717) is 31.8 Å². The lowest BCUT2D eigenvalue weighted by atomic mass is 9.64. The monoisotopic (exact) mass is 427 g/mol. The summed E-state index contributed by atoms with van der Waals surface area (Å²) in [6, 6.07) is 3.57. The Bertz CT molecular complexity index is 850. The molecule has 1 saturated carbocycles. The maximum atomic E-state index is 13.3. The zero-order valence-corrected chi connectivity index (χ0v) is 18.8. The summed E-state index contributed by atoms with van der Waals surface area (Å²) in [4.78, 5) is 48.1. The third kappa shape index (κ3) is 4.59. The van der Waals surface area contributed by atoms with E-state index in [1.807, 2.05) is 12.1 Å². The zero-order valence-electron chi connectivity index (χ0n) is 18.8. The minimum atomic E-state index is -0.859. The van der Waals surface area contributed by atoms with Crippen LogP contribution in [-0.4, -0.2) is 75.8 Å². The number of nitrogens with one attached hydrogen (secondary N) is 1. The van der Waals surface area contributed by atoms with Gasteiger partial charge in [0.25, 0.3) is 5.91 Å². The van der Waals surface area contributed by atoms with Crippen LogP contribution in [0.25, 0.3) is 0 Å².